The Hall–Kier alpha value is -1.95. The topological polar surface area (TPSA) is 98.3 Å². The number of nitro benzene ring substituents is 1. The van der Waals surface area contributed by atoms with Crippen LogP contribution in [0.5, 0.6) is 0 Å². The molecular formula is C14H21N3O3. The number of benzene rings is 1. The average molecular weight is 279 g/mol. The van der Waals surface area contributed by atoms with Gasteiger partial charge in [0.2, 0.25) is 5.91 Å². The van der Waals surface area contributed by atoms with Crippen molar-refractivity contribution in [3.05, 3.63) is 39.9 Å². The lowest BCUT2D eigenvalue weighted by molar-refractivity contribution is -0.385. The first kappa shape index (κ1) is 16.1. The van der Waals surface area contributed by atoms with Crippen LogP contribution in [-0.2, 0) is 11.2 Å². The number of hydrogen-bond donors (Lipinski definition) is 2. The van der Waals surface area contributed by atoms with Crippen molar-refractivity contribution in [2.75, 3.05) is 6.54 Å². The van der Waals surface area contributed by atoms with Crippen LogP contribution in [0.25, 0.3) is 0 Å². The summed E-state index contributed by atoms with van der Waals surface area (Å²) in [5.41, 5.74) is 5.70. The van der Waals surface area contributed by atoms with E-state index in [4.69, 9.17) is 5.73 Å². The second kappa shape index (κ2) is 7.00. The molecule has 0 radical (unpaired) electrons. The SMILES string of the molecule is CCCC(C)(N)C(=O)NCCc1ccccc1[N+](=O)[O-]. The van der Waals surface area contributed by atoms with Gasteiger partial charge in [-0.1, -0.05) is 31.5 Å². The zero-order valence-corrected chi connectivity index (χ0v) is 11.9. The maximum Gasteiger partial charge on any atom is 0.272 e. The lowest BCUT2D eigenvalue weighted by Crippen LogP contribution is -2.51. The predicted molar refractivity (Wildman–Crippen MR) is 77.3 cm³/mol. The van der Waals surface area contributed by atoms with E-state index in [-0.39, 0.29) is 11.6 Å². The summed E-state index contributed by atoms with van der Waals surface area (Å²) in [7, 11) is 0. The fourth-order valence-electron chi connectivity index (χ4n) is 2.05. The maximum atomic E-state index is 11.9. The summed E-state index contributed by atoms with van der Waals surface area (Å²) in [6, 6.07) is 6.52. The Labute approximate surface area is 118 Å². The van der Waals surface area contributed by atoms with Crippen molar-refractivity contribution in [1.82, 2.24) is 5.32 Å². The third kappa shape index (κ3) is 4.31. The van der Waals surface area contributed by atoms with Crippen LogP contribution in [0.1, 0.15) is 32.3 Å². The summed E-state index contributed by atoms with van der Waals surface area (Å²) in [5, 5.41) is 13.6. The van der Waals surface area contributed by atoms with Crippen LogP contribution in [0.15, 0.2) is 24.3 Å². The number of carbonyl (C=O) groups is 1. The highest BCUT2D eigenvalue weighted by molar-refractivity contribution is 5.85. The molecule has 0 heterocycles. The first-order chi connectivity index (χ1) is 9.38. The van der Waals surface area contributed by atoms with Gasteiger partial charge in [0.25, 0.3) is 5.69 Å². The third-order valence-electron chi connectivity index (χ3n) is 3.16. The minimum Gasteiger partial charge on any atom is -0.354 e. The standard InChI is InChI=1S/C14H21N3O3/c1-3-9-14(2,15)13(18)16-10-8-11-6-4-5-7-12(11)17(19)20/h4-7H,3,8-10,15H2,1-2H3,(H,16,18). The molecule has 1 amide bonds. The highest BCUT2D eigenvalue weighted by Gasteiger charge is 2.26. The smallest absolute Gasteiger partial charge is 0.272 e. The number of carbonyl (C=O) groups excluding carboxylic acids is 1. The number of nitrogens with two attached hydrogens (primary N) is 1. The van der Waals surface area contributed by atoms with Gasteiger partial charge in [-0.15, -0.1) is 0 Å². The summed E-state index contributed by atoms with van der Waals surface area (Å²) in [6.07, 6.45) is 1.83. The molecule has 0 aliphatic carbocycles. The van der Waals surface area contributed by atoms with Crippen LogP contribution in [0.4, 0.5) is 5.69 Å². The number of hydrogen-bond acceptors (Lipinski definition) is 4. The summed E-state index contributed by atoms with van der Waals surface area (Å²) in [6.45, 7) is 3.99. The van der Waals surface area contributed by atoms with Crippen molar-refractivity contribution >= 4 is 11.6 Å². The van der Waals surface area contributed by atoms with Crippen molar-refractivity contribution < 1.29 is 9.72 Å². The summed E-state index contributed by atoms with van der Waals surface area (Å²) in [4.78, 5) is 22.3. The number of rotatable bonds is 7. The van der Waals surface area contributed by atoms with E-state index in [1.54, 1.807) is 25.1 Å². The minimum absolute atomic E-state index is 0.0748. The lowest BCUT2D eigenvalue weighted by Gasteiger charge is -2.22. The van der Waals surface area contributed by atoms with Crippen LogP contribution < -0.4 is 11.1 Å². The molecule has 1 unspecified atom stereocenters. The highest BCUT2D eigenvalue weighted by atomic mass is 16.6. The molecule has 0 saturated heterocycles. The van der Waals surface area contributed by atoms with Crippen molar-refractivity contribution in [1.29, 1.82) is 0 Å². The normalized spacial score (nSPS) is 13.6. The van der Waals surface area contributed by atoms with Crippen molar-refractivity contribution in [3.8, 4) is 0 Å². The summed E-state index contributed by atoms with van der Waals surface area (Å²) >= 11 is 0. The number of amides is 1. The number of nitro groups is 1. The van der Waals surface area contributed by atoms with Crippen molar-refractivity contribution in [2.45, 2.75) is 38.6 Å². The molecule has 0 aliphatic heterocycles. The van der Waals surface area contributed by atoms with Gasteiger partial charge in [0.1, 0.15) is 0 Å². The van der Waals surface area contributed by atoms with E-state index >= 15 is 0 Å². The number of nitrogens with zero attached hydrogens (tertiary/aromatic N) is 1. The van der Waals surface area contributed by atoms with Gasteiger partial charge >= 0.3 is 0 Å². The van der Waals surface area contributed by atoms with Crippen LogP contribution in [0, 0.1) is 10.1 Å². The Bertz CT molecular complexity index is 486. The minimum atomic E-state index is -0.891. The molecule has 0 aromatic heterocycles. The molecule has 6 nitrogen and oxygen atoms in total. The first-order valence-corrected chi connectivity index (χ1v) is 6.68. The summed E-state index contributed by atoms with van der Waals surface area (Å²) in [5.74, 6) is -0.224. The Balaban J connectivity index is 2.57. The van der Waals surface area contributed by atoms with Gasteiger partial charge in [-0.3, -0.25) is 14.9 Å². The van der Waals surface area contributed by atoms with E-state index in [1.165, 1.54) is 6.07 Å². The first-order valence-electron chi connectivity index (χ1n) is 6.68. The molecule has 110 valence electrons. The van der Waals surface area contributed by atoms with E-state index in [0.29, 0.717) is 24.9 Å². The van der Waals surface area contributed by atoms with Gasteiger partial charge < -0.3 is 11.1 Å². The predicted octanol–water partition coefficient (Wildman–Crippen LogP) is 1.77. The quantitative estimate of drug-likeness (QED) is 0.587. The second-order valence-electron chi connectivity index (χ2n) is 5.06. The zero-order valence-electron chi connectivity index (χ0n) is 11.9. The zero-order chi connectivity index (χ0) is 15.2. The van der Waals surface area contributed by atoms with Crippen LogP contribution in [-0.4, -0.2) is 22.9 Å². The Morgan fingerprint density at radius 3 is 2.70 bits per heavy atom. The molecule has 0 saturated carbocycles. The number of para-hydroxylation sites is 1. The molecule has 3 N–H and O–H groups in total. The largest absolute Gasteiger partial charge is 0.354 e. The van der Waals surface area contributed by atoms with E-state index in [2.05, 4.69) is 5.32 Å². The summed E-state index contributed by atoms with van der Waals surface area (Å²) < 4.78 is 0. The Morgan fingerprint density at radius 2 is 2.10 bits per heavy atom. The number of nitrogens with one attached hydrogen (secondary N) is 1. The van der Waals surface area contributed by atoms with E-state index < -0.39 is 10.5 Å². The van der Waals surface area contributed by atoms with E-state index in [0.717, 1.165) is 6.42 Å². The molecular weight excluding hydrogens is 258 g/mol. The third-order valence-corrected chi connectivity index (χ3v) is 3.16. The van der Waals surface area contributed by atoms with Gasteiger partial charge in [-0.25, -0.2) is 0 Å². The van der Waals surface area contributed by atoms with Gasteiger partial charge in [0.15, 0.2) is 0 Å². The van der Waals surface area contributed by atoms with Crippen LogP contribution >= 0.6 is 0 Å². The fraction of sp³-hybridized carbons (Fsp3) is 0.500. The van der Waals surface area contributed by atoms with Gasteiger partial charge in [-0.2, -0.15) is 0 Å². The van der Waals surface area contributed by atoms with Gasteiger partial charge in [-0.05, 0) is 19.8 Å². The fourth-order valence-corrected chi connectivity index (χ4v) is 2.05. The van der Waals surface area contributed by atoms with Gasteiger partial charge in [0, 0.05) is 18.2 Å². The Morgan fingerprint density at radius 1 is 1.45 bits per heavy atom. The molecule has 0 bridgehead atoms. The van der Waals surface area contributed by atoms with Gasteiger partial charge in [0.05, 0.1) is 10.5 Å². The molecule has 1 aromatic carbocycles. The van der Waals surface area contributed by atoms with E-state index in [9.17, 15) is 14.9 Å². The van der Waals surface area contributed by atoms with Crippen LogP contribution in [0.3, 0.4) is 0 Å². The molecule has 1 rings (SSSR count). The molecule has 1 aromatic rings. The van der Waals surface area contributed by atoms with Crippen LogP contribution in [0.2, 0.25) is 0 Å². The molecule has 20 heavy (non-hydrogen) atoms. The monoisotopic (exact) mass is 279 g/mol. The molecule has 6 heteroatoms. The Kier molecular flexibility index (Phi) is 5.64. The highest BCUT2D eigenvalue weighted by Crippen LogP contribution is 2.17. The average Bonchev–Trinajstić information content (AvgIpc) is 2.38. The molecule has 0 spiro atoms. The molecule has 0 aliphatic rings. The lowest BCUT2D eigenvalue weighted by atomic mass is 9.96. The van der Waals surface area contributed by atoms with Crippen molar-refractivity contribution in [3.63, 3.8) is 0 Å². The van der Waals surface area contributed by atoms with Crippen molar-refractivity contribution in [2.24, 2.45) is 5.73 Å². The molecule has 0 fully saturated rings. The molecule has 1 atom stereocenters. The van der Waals surface area contributed by atoms with E-state index in [1.807, 2.05) is 6.92 Å². The second-order valence-corrected chi connectivity index (χ2v) is 5.06. The maximum absolute atomic E-state index is 11.9.